The van der Waals surface area contributed by atoms with Gasteiger partial charge in [0.25, 0.3) is 0 Å². The van der Waals surface area contributed by atoms with Crippen LogP contribution in [0.4, 0.5) is 0 Å². The summed E-state index contributed by atoms with van der Waals surface area (Å²) in [6.45, 7) is 0. The number of aromatic nitrogens is 1. The van der Waals surface area contributed by atoms with Gasteiger partial charge in [0, 0.05) is 28.1 Å². The summed E-state index contributed by atoms with van der Waals surface area (Å²) < 4.78 is 5.90. The second-order valence-corrected chi connectivity index (χ2v) is 9.73. The molecule has 0 radical (unpaired) electrons. The van der Waals surface area contributed by atoms with Crippen LogP contribution in [-0.4, -0.2) is 4.57 Å². The monoisotopic (exact) mass is 495 g/mol. The second-order valence-electron chi connectivity index (χ2n) is 6.57. The molecule has 2 aromatic heterocycles. The molecular formula is C23H15Br2NS. The Morgan fingerprint density at radius 2 is 1.52 bits per heavy atom. The molecule has 5 rings (SSSR count). The molecule has 0 aliphatic rings. The zero-order valence-electron chi connectivity index (χ0n) is 14.5. The molecule has 0 aliphatic heterocycles. The van der Waals surface area contributed by atoms with Crippen LogP contribution in [-0.2, 0) is 7.05 Å². The molecule has 0 spiro atoms. The lowest BCUT2D eigenvalue weighted by Crippen LogP contribution is -1.92. The molecule has 0 saturated carbocycles. The number of benzene rings is 3. The maximum atomic E-state index is 3.89. The fourth-order valence-corrected chi connectivity index (χ4v) is 6.37. The van der Waals surface area contributed by atoms with Gasteiger partial charge < -0.3 is 4.57 Å². The van der Waals surface area contributed by atoms with E-state index in [0.717, 1.165) is 4.47 Å². The minimum absolute atomic E-state index is 1.14. The number of aryl methyl sites for hydroxylation is 1. The van der Waals surface area contributed by atoms with Crippen molar-refractivity contribution in [3.8, 4) is 22.4 Å². The van der Waals surface area contributed by atoms with Gasteiger partial charge in [-0.05, 0) is 55.1 Å². The molecule has 5 aromatic rings. The first-order valence-electron chi connectivity index (χ1n) is 8.66. The van der Waals surface area contributed by atoms with Crippen molar-refractivity contribution < 1.29 is 0 Å². The summed E-state index contributed by atoms with van der Waals surface area (Å²) in [7, 11) is 2.15. The first-order chi connectivity index (χ1) is 13.1. The van der Waals surface area contributed by atoms with Crippen LogP contribution >= 0.6 is 43.2 Å². The molecule has 0 amide bonds. The van der Waals surface area contributed by atoms with Crippen LogP contribution in [0.2, 0.25) is 0 Å². The third-order valence-corrected chi connectivity index (χ3v) is 7.68. The normalized spacial score (nSPS) is 11.5. The number of thiophene rings is 1. The molecule has 0 N–H and O–H groups in total. The van der Waals surface area contributed by atoms with Gasteiger partial charge in [0.15, 0.2) is 0 Å². The largest absolute Gasteiger partial charge is 0.343 e. The van der Waals surface area contributed by atoms with Crippen LogP contribution in [0.25, 0.3) is 43.4 Å². The Labute approximate surface area is 178 Å². The van der Waals surface area contributed by atoms with E-state index in [2.05, 4.69) is 116 Å². The highest BCUT2D eigenvalue weighted by Crippen LogP contribution is 2.47. The highest BCUT2D eigenvalue weighted by molar-refractivity contribution is 9.11. The summed E-state index contributed by atoms with van der Waals surface area (Å²) in [5.41, 5.74) is 6.15. The van der Waals surface area contributed by atoms with Crippen LogP contribution in [0.3, 0.4) is 0 Å². The minimum atomic E-state index is 1.14. The van der Waals surface area contributed by atoms with Gasteiger partial charge in [-0.1, -0.05) is 60.7 Å². The maximum Gasteiger partial charge on any atom is 0.0804 e. The molecule has 0 aliphatic carbocycles. The second kappa shape index (κ2) is 6.62. The average Bonchev–Trinajstić information content (AvgIpc) is 3.15. The van der Waals surface area contributed by atoms with Crippen molar-refractivity contribution in [2.75, 3.05) is 0 Å². The predicted octanol–water partition coefficient (Wildman–Crippen LogP) is 8.25. The number of nitrogens with zero attached hydrogens (tertiary/aromatic N) is 1. The Kier molecular flexibility index (Phi) is 4.23. The summed E-state index contributed by atoms with van der Waals surface area (Å²) in [5.74, 6) is 0. The lowest BCUT2D eigenvalue weighted by molar-refractivity contribution is 0.977. The van der Waals surface area contributed by atoms with Gasteiger partial charge in [0.1, 0.15) is 0 Å². The molecule has 1 nitrogen and oxygen atoms in total. The standard InChI is InChI=1S/C23H15Br2NS/c1-26-18-13-15(14-7-3-2-4-8-14)11-12-16(18)21(24)22(26)20-17-9-5-6-10-19(17)27-23(20)25/h2-13H,1H3. The molecule has 0 unspecified atom stereocenters. The fourth-order valence-electron chi connectivity index (χ4n) is 3.71. The number of hydrogen-bond acceptors (Lipinski definition) is 1. The Morgan fingerprint density at radius 1 is 0.778 bits per heavy atom. The van der Waals surface area contributed by atoms with Crippen molar-refractivity contribution in [3.63, 3.8) is 0 Å². The van der Waals surface area contributed by atoms with Crippen LogP contribution in [0.5, 0.6) is 0 Å². The van der Waals surface area contributed by atoms with Crippen molar-refractivity contribution in [1.82, 2.24) is 4.57 Å². The molecule has 4 heteroatoms. The lowest BCUT2D eigenvalue weighted by Gasteiger charge is -2.06. The molecular weight excluding hydrogens is 482 g/mol. The lowest BCUT2D eigenvalue weighted by atomic mass is 10.0. The highest BCUT2D eigenvalue weighted by Gasteiger charge is 2.21. The highest BCUT2D eigenvalue weighted by atomic mass is 79.9. The Hall–Kier alpha value is -1.88. The van der Waals surface area contributed by atoms with Gasteiger partial charge in [-0.3, -0.25) is 0 Å². The van der Waals surface area contributed by atoms with E-state index in [-0.39, 0.29) is 0 Å². The van der Waals surface area contributed by atoms with Crippen LogP contribution in [0, 0.1) is 0 Å². The van der Waals surface area contributed by atoms with E-state index in [4.69, 9.17) is 0 Å². The zero-order valence-corrected chi connectivity index (χ0v) is 18.5. The SMILES string of the molecule is Cn1c(-c2c(Br)sc3ccccc23)c(Br)c2ccc(-c3ccccc3)cc21. The fraction of sp³-hybridized carbons (Fsp3) is 0.0435. The first-order valence-corrected chi connectivity index (χ1v) is 11.1. The zero-order chi connectivity index (χ0) is 18.5. The van der Waals surface area contributed by atoms with Gasteiger partial charge in [0.2, 0.25) is 0 Å². The van der Waals surface area contributed by atoms with Crippen molar-refractivity contribution in [2.24, 2.45) is 7.05 Å². The predicted molar refractivity (Wildman–Crippen MR) is 125 cm³/mol. The number of hydrogen-bond donors (Lipinski definition) is 0. The quantitative estimate of drug-likeness (QED) is 0.232. The van der Waals surface area contributed by atoms with E-state index in [1.807, 2.05) is 0 Å². The maximum absolute atomic E-state index is 3.89. The third-order valence-electron chi connectivity index (χ3n) is 5.04. The third kappa shape index (κ3) is 2.70. The van der Waals surface area contributed by atoms with E-state index in [9.17, 15) is 0 Å². The van der Waals surface area contributed by atoms with E-state index in [1.165, 1.54) is 47.2 Å². The van der Waals surface area contributed by atoms with Crippen LogP contribution in [0.1, 0.15) is 0 Å². The number of halogens is 2. The van der Waals surface area contributed by atoms with Gasteiger partial charge >= 0.3 is 0 Å². The summed E-state index contributed by atoms with van der Waals surface area (Å²) in [5, 5.41) is 2.51. The number of rotatable bonds is 2. The molecule has 132 valence electrons. The average molecular weight is 497 g/mol. The van der Waals surface area contributed by atoms with E-state index in [0.29, 0.717) is 0 Å². The van der Waals surface area contributed by atoms with Crippen LogP contribution < -0.4 is 0 Å². The van der Waals surface area contributed by atoms with E-state index < -0.39 is 0 Å². The number of fused-ring (bicyclic) bond motifs is 2. The topological polar surface area (TPSA) is 4.93 Å². The molecule has 0 saturated heterocycles. The molecule has 0 fully saturated rings. The molecule has 27 heavy (non-hydrogen) atoms. The Bertz CT molecular complexity index is 1300. The van der Waals surface area contributed by atoms with Gasteiger partial charge in [-0.2, -0.15) is 0 Å². The smallest absolute Gasteiger partial charge is 0.0804 e. The van der Waals surface area contributed by atoms with E-state index in [1.54, 1.807) is 11.3 Å². The van der Waals surface area contributed by atoms with Gasteiger partial charge in [0.05, 0.1) is 19.5 Å². The summed E-state index contributed by atoms with van der Waals surface area (Å²) in [6.07, 6.45) is 0. The summed E-state index contributed by atoms with van der Waals surface area (Å²) in [4.78, 5) is 0. The van der Waals surface area contributed by atoms with Crippen molar-refractivity contribution in [1.29, 1.82) is 0 Å². The minimum Gasteiger partial charge on any atom is -0.343 e. The summed E-state index contributed by atoms with van der Waals surface area (Å²) >= 11 is 9.48. The molecule has 2 heterocycles. The van der Waals surface area contributed by atoms with Gasteiger partial charge in [-0.25, -0.2) is 0 Å². The van der Waals surface area contributed by atoms with Crippen molar-refractivity contribution >= 4 is 64.2 Å². The molecule has 3 aromatic carbocycles. The van der Waals surface area contributed by atoms with E-state index >= 15 is 0 Å². The van der Waals surface area contributed by atoms with Crippen LogP contribution in [0.15, 0.2) is 81.1 Å². The Balaban J connectivity index is 1.80. The van der Waals surface area contributed by atoms with Crippen molar-refractivity contribution in [3.05, 3.63) is 81.1 Å². The van der Waals surface area contributed by atoms with Gasteiger partial charge in [-0.15, -0.1) is 11.3 Å². The summed E-state index contributed by atoms with van der Waals surface area (Å²) in [6, 6.07) is 25.8. The first kappa shape index (κ1) is 17.2. The molecule has 0 bridgehead atoms. The van der Waals surface area contributed by atoms with Crippen molar-refractivity contribution in [2.45, 2.75) is 0 Å². The molecule has 0 atom stereocenters. The Morgan fingerprint density at radius 3 is 2.33 bits per heavy atom.